The van der Waals surface area contributed by atoms with Crippen LogP contribution in [0.5, 0.6) is 0 Å². The number of carbonyl (C=O) groups is 1. The van der Waals surface area contributed by atoms with E-state index in [1.54, 1.807) is 11.8 Å². The first-order chi connectivity index (χ1) is 8.18. The molecule has 0 saturated heterocycles. The molecule has 2 nitrogen and oxygen atoms in total. The normalized spacial score (nSPS) is 11.0. The standard InChI is InChI=1S/C14H19NOS/c1-12(2)15-14(16)11-17-10-6-9-13-7-4-3-5-8-13/h3-9,12H,10-11H2,1-2H3,(H,15,16). The van der Waals surface area contributed by atoms with Gasteiger partial charge in [-0.25, -0.2) is 0 Å². The highest BCUT2D eigenvalue weighted by molar-refractivity contribution is 8.00. The van der Waals surface area contributed by atoms with E-state index in [1.807, 2.05) is 32.0 Å². The van der Waals surface area contributed by atoms with Crippen LogP contribution in [-0.4, -0.2) is 23.5 Å². The summed E-state index contributed by atoms with van der Waals surface area (Å²) in [5, 5.41) is 2.87. The second-order valence-corrected chi connectivity index (χ2v) is 5.08. The van der Waals surface area contributed by atoms with Crippen molar-refractivity contribution >= 4 is 23.7 Å². The summed E-state index contributed by atoms with van der Waals surface area (Å²) in [6.07, 6.45) is 4.16. The predicted octanol–water partition coefficient (Wildman–Crippen LogP) is 2.96. The van der Waals surface area contributed by atoms with Crippen LogP contribution in [0.2, 0.25) is 0 Å². The summed E-state index contributed by atoms with van der Waals surface area (Å²) < 4.78 is 0. The number of rotatable bonds is 6. The number of hydrogen-bond donors (Lipinski definition) is 1. The number of thioether (sulfide) groups is 1. The van der Waals surface area contributed by atoms with Gasteiger partial charge >= 0.3 is 0 Å². The Balaban J connectivity index is 2.16. The zero-order valence-corrected chi connectivity index (χ0v) is 11.2. The zero-order chi connectivity index (χ0) is 12.5. The summed E-state index contributed by atoms with van der Waals surface area (Å²) in [6.45, 7) is 3.94. The van der Waals surface area contributed by atoms with E-state index in [-0.39, 0.29) is 11.9 Å². The molecule has 0 aliphatic rings. The van der Waals surface area contributed by atoms with Crippen molar-refractivity contribution in [3.05, 3.63) is 42.0 Å². The third kappa shape index (κ3) is 6.84. The van der Waals surface area contributed by atoms with E-state index in [4.69, 9.17) is 0 Å². The van der Waals surface area contributed by atoms with E-state index in [0.717, 1.165) is 5.75 Å². The second-order valence-electron chi connectivity index (χ2n) is 4.05. The van der Waals surface area contributed by atoms with Gasteiger partial charge in [-0.05, 0) is 19.4 Å². The van der Waals surface area contributed by atoms with Crippen molar-refractivity contribution in [1.29, 1.82) is 0 Å². The molecule has 0 heterocycles. The average molecular weight is 249 g/mol. The number of carbonyl (C=O) groups excluding carboxylic acids is 1. The van der Waals surface area contributed by atoms with Gasteiger partial charge in [0.1, 0.15) is 0 Å². The molecule has 17 heavy (non-hydrogen) atoms. The minimum Gasteiger partial charge on any atom is -0.353 e. The largest absolute Gasteiger partial charge is 0.353 e. The molecule has 1 aromatic rings. The molecule has 3 heteroatoms. The van der Waals surface area contributed by atoms with Gasteiger partial charge in [0.2, 0.25) is 5.91 Å². The monoisotopic (exact) mass is 249 g/mol. The van der Waals surface area contributed by atoms with Gasteiger partial charge in [0, 0.05) is 11.8 Å². The van der Waals surface area contributed by atoms with Crippen LogP contribution in [0.1, 0.15) is 19.4 Å². The van der Waals surface area contributed by atoms with Crippen LogP contribution in [0, 0.1) is 0 Å². The quantitative estimate of drug-likeness (QED) is 0.785. The van der Waals surface area contributed by atoms with Crippen molar-refractivity contribution in [2.24, 2.45) is 0 Å². The van der Waals surface area contributed by atoms with E-state index >= 15 is 0 Å². The topological polar surface area (TPSA) is 29.1 Å². The van der Waals surface area contributed by atoms with Gasteiger partial charge in [-0.1, -0.05) is 42.5 Å². The third-order valence-corrected chi connectivity index (χ3v) is 2.90. The lowest BCUT2D eigenvalue weighted by Crippen LogP contribution is -2.31. The van der Waals surface area contributed by atoms with E-state index in [1.165, 1.54) is 5.56 Å². The number of benzene rings is 1. The summed E-state index contributed by atoms with van der Waals surface area (Å²) in [5.41, 5.74) is 1.19. The molecule has 0 unspecified atom stereocenters. The van der Waals surface area contributed by atoms with Gasteiger partial charge in [-0.3, -0.25) is 4.79 Å². The molecular formula is C14H19NOS. The van der Waals surface area contributed by atoms with Gasteiger partial charge in [-0.15, -0.1) is 11.8 Å². The highest BCUT2D eigenvalue weighted by atomic mass is 32.2. The Bertz CT molecular complexity index is 360. The number of hydrogen-bond acceptors (Lipinski definition) is 2. The first-order valence-corrected chi connectivity index (χ1v) is 6.92. The fourth-order valence-corrected chi connectivity index (χ4v) is 1.95. The van der Waals surface area contributed by atoms with Gasteiger partial charge in [0.05, 0.1) is 5.75 Å². The van der Waals surface area contributed by atoms with Crippen molar-refractivity contribution < 1.29 is 4.79 Å². The molecule has 0 fully saturated rings. The Labute approximate surface area is 107 Å². The summed E-state index contributed by atoms with van der Waals surface area (Å²) in [6, 6.07) is 10.4. The van der Waals surface area contributed by atoms with Crippen LogP contribution in [-0.2, 0) is 4.79 Å². The van der Waals surface area contributed by atoms with Gasteiger partial charge in [-0.2, -0.15) is 0 Å². The van der Waals surface area contributed by atoms with Crippen LogP contribution in [0.3, 0.4) is 0 Å². The van der Waals surface area contributed by atoms with Crippen LogP contribution in [0.15, 0.2) is 36.4 Å². The summed E-state index contributed by atoms with van der Waals surface area (Å²) in [7, 11) is 0. The minimum absolute atomic E-state index is 0.109. The maximum Gasteiger partial charge on any atom is 0.230 e. The lowest BCUT2D eigenvalue weighted by molar-refractivity contribution is -0.119. The molecule has 0 saturated carbocycles. The maximum absolute atomic E-state index is 11.3. The van der Waals surface area contributed by atoms with Crippen LogP contribution >= 0.6 is 11.8 Å². The number of nitrogens with one attached hydrogen (secondary N) is 1. The van der Waals surface area contributed by atoms with E-state index in [9.17, 15) is 4.79 Å². The lowest BCUT2D eigenvalue weighted by Gasteiger charge is -2.06. The fraction of sp³-hybridized carbons (Fsp3) is 0.357. The molecule has 0 aromatic heterocycles. The van der Waals surface area contributed by atoms with Crippen molar-refractivity contribution in [3.63, 3.8) is 0 Å². The van der Waals surface area contributed by atoms with Crippen LogP contribution in [0.4, 0.5) is 0 Å². The highest BCUT2D eigenvalue weighted by Gasteiger charge is 2.01. The Morgan fingerprint density at radius 3 is 2.71 bits per heavy atom. The van der Waals surface area contributed by atoms with Gasteiger partial charge in [0.15, 0.2) is 0 Å². The zero-order valence-electron chi connectivity index (χ0n) is 10.3. The summed E-state index contributed by atoms with van der Waals surface area (Å²) >= 11 is 1.62. The average Bonchev–Trinajstić information content (AvgIpc) is 2.29. The molecule has 1 rings (SSSR count). The Kier molecular flexibility index (Phi) is 6.48. The van der Waals surface area contributed by atoms with Crippen molar-refractivity contribution in [3.8, 4) is 0 Å². The Morgan fingerprint density at radius 2 is 2.06 bits per heavy atom. The first kappa shape index (κ1) is 13.8. The Hall–Kier alpha value is -1.22. The minimum atomic E-state index is 0.109. The van der Waals surface area contributed by atoms with Crippen LogP contribution < -0.4 is 5.32 Å². The van der Waals surface area contributed by atoms with E-state index in [2.05, 4.69) is 29.6 Å². The highest BCUT2D eigenvalue weighted by Crippen LogP contribution is 2.04. The molecule has 0 bridgehead atoms. The molecule has 0 radical (unpaired) electrons. The second kappa shape index (κ2) is 7.96. The SMILES string of the molecule is CC(C)NC(=O)CSCC=Cc1ccccc1. The molecule has 0 atom stereocenters. The first-order valence-electron chi connectivity index (χ1n) is 5.77. The van der Waals surface area contributed by atoms with Crippen molar-refractivity contribution in [2.75, 3.05) is 11.5 Å². The Morgan fingerprint density at radius 1 is 1.35 bits per heavy atom. The van der Waals surface area contributed by atoms with Crippen molar-refractivity contribution in [2.45, 2.75) is 19.9 Å². The molecular weight excluding hydrogens is 230 g/mol. The molecule has 0 aliphatic heterocycles. The number of amides is 1. The smallest absolute Gasteiger partial charge is 0.230 e. The molecule has 0 spiro atoms. The molecule has 1 N–H and O–H groups in total. The molecule has 1 aromatic carbocycles. The van der Waals surface area contributed by atoms with E-state index < -0.39 is 0 Å². The summed E-state index contributed by atoms with van der Waals surface area (Å²) in [5.74, 6) is 1.50. The molecule has 0 aliphatic carbocycles. The lowest BCUT2D eigenvalue weighted by atomic mass is 10.2. The maximum atomic E-state index is 11.3. The van der Waals surface area contributed by atoms with Gasteiger partial charge < -0.3 is 5.32 Å². The van der Waals surface area contributed by atoms with Crippen molar-refractivity contribution in [1.82, 2.24) is 5.32 Å². The van der Waals surface area contributed by atoms with E-state index in [0.29, 0.717) is 5.75 Å². The fourth-order valence-electron chi connectivity index (χ4n) is 1.33. The third-order valence-electron chi connectivity index (χ3n) is 2.01. The molecule has 1 amide bonds. The van der Waals surface area contributed by atoms with Crippen LogP contribution in [0.25, 0.3) is 6.08 Å². The summed E-state index contributed by atoms with van der Waals surface area (Å²) in [4.78, 5) is 11.3. The molecule has 92 valence electrons. The van der Waals surface area contributed by atoms with Gasteiger partial charge in [0.25, 0.3) is 0 Å². The predicted molar refractivity (Wildman–Crippen MR) is 76.1 cm³/mol.